The summed E-state index contributed by atoms with van der Waals surface area (Å²) < 4.78 is 26.5. The summed E-state index contributed by atoms with van der Waals surface area (Å²) >= 11 is 0. The van der Waals surface area contributed by atoms with Crippen LogP contribution in [0.5, 0.6) is 11.5 Å². The third kappa shape index (κ3) is 3.87. The highest BCUT2D eigenvalue weighted by molar-refractivity contribution is 5.36. The fourth-order valence-corrected chi connectivity index (χ4v) is 4.54. The number of benzene rings is 2. The molecule has 1 aliphatic heterocycles. The van der Waals surface area contributed by atoms with E-state index in [1.54, 1.807) is 6.07 Å². The van der Waals surface area contributed by atoms with Gasteiger partial charge in [-0.2, -0.15) is 0 Å². The van der Waals surface area contributed by atoms with Gasteiger partial charge in [0.05, 0.1) is 7.11 Å². The first-order valence-electron chi connectivity index (χ1n) is 10.0. The summed E-state index contributed by atoms with van der Waals surface area (Å²) in [4.78, 5) is 2.28. The predicted molar refractivity (Wildman–Crippen MR) is 106 cm³/mol. The molecule has 0 saturated heterocycles. The maximum Gasteiger partial charge on any atom is 0.169 e. The molecule has 1 saturated carbocycles. The van der Waals surface area contributed by atoms with E-state index in [1.807, 2.05) is 30.3 Å². The Labute approximate surface area is 165 Å². The average Bonchev–Trinajstić information content (AvgIpc) is 2.86. The minimum Gasteiger partial charge on any atom is -0.494 e. The molecule has 4 nitrogen and oxygen atoms in total. The van der Waals surface area contributed by atoms with Crippen LogP contribution in [0.25, 0.3) is 0 Å². The van der Waals surface area contributed by atoms with Crippen molar-refractivity contribution in [1.29, 1.82) is 0 Å². The van der Waals surface area contributed by atoms with Crippen LogP contribution in [-0.2, 0) is 13.1 Å². The lowest BCUT2D eigenvalue weighted by Crippen LogP contribution is -2.48. The van der Waals surface area contributed by atoms with E-state index in [2.05, 4.69) is 11.0 Å². The first kappa shape index (κ1) is 19.2. The van der Waals surface area contributed by atoms with E-state index < -0.39 is 0 Å². The molecule has 5 heteroatoms. The van der Waals surface area contributed by atoms with Crippen LogP contribution in [0.15, 0.2) is 42.5 Å². The molecule has 0 atom stereocenters. The van der Waals surface area contributed by atoms with Gasteiger partial charge in [-0.25, -0.2) is 4.39 Å². The first-order valence-corrected chi connectivity index (χ1v) is 10.0. The molecule has 1 N–H and O–H groups in total. The van der Waals surface area contributed by atoms with Gasteiger partial charge in [-0.1, -0.05) is 30.3 Å². The molecular weight excluding hydrogens is 357 g/mol. The molecule has 2 aromatic carbocycles. The van der Waals surface area contributed by atoms with E-state index in [0.29, 0.717) is 18.0 Å². The molecule has 2 aliphatic rings. The van der Waals surface area contributed by atoms with Crippen LogP contribution >= 0.6 is 0 Å². The molecule has 1 heterocycles. The number of aliphatic hydroxyl groups is 1. The van der Waals surface area contributed by atoms with Crippen LogP contribution in [0.2, 0.25) is 0 Å². The number of fused-ring (bicyclic) bond motifs is 1. The smallest absolute Gasteiger partial charge is 0.169 e. The van der Waals surface area contributed by atoms with Crippen LogP contribution in [0.3, 0.4) is 0 Å². The first-order chi connectivity index (χ1) is 13.6. The van der Waals surface area contributed by atoms with Crippen molar-refractivity contribution in [3.05, 3.63) is 59.4 Å². The molecular formula is C23H28FNO3. The highest BCUT2D eigenvalue weighted by Crippen LogP contribution is 2.40. The molecule has 1 spiro atoms. The molecule has 28 heavy (non-hydrogen) atoms. The van der Waals surface area contributed by atoms with Gasteiger partial charge in [-0.3, -0.25) is 4.90 Å². The third-order valence-corrected chi connectivity index (χ3v) is 6.14. The molecule has 0 bridgehead atoms. The Kier molecular flexibility index (Phi) is 5.56. The van der Waals surface area contributed by atoms with E-state index in [4.69, 9.17) is 9.47 Å². The topological polar surface area (TPSA) is 41.9 Å². The summed E-state index contributed by atoms with van der Waals surface area (Å²) in [5.74, 6) is 1.28. The zero-order valence-corrected chi connectivity index (χ0v) is 16.4. The van der Waals surface area contributed by atoms with Gasteiger partial charge in [0, 0.05) is 37.4 Å². The maximum absolute atomic E-state index is 14.7. The summed E-state index contributed by atoms with van der Waals surface area (Å²) in [5, 5.41) is 9.51. The highest BCUT2D eigenvalue weighted by atomic mass is 19.1. The van der Waals surface area contributed by atoms with Gasteiger partial charge in [0.2, 0.25) is 0 Å². The van der Waals surface area contributed by atoms with E-state index in [-0.39, 0.29) is 23.8 Å². The quantitative estimate of drug-likeness (QED) is 0.859. The molecule has 0 aromatic heterocycles. The van der Waals surface area contributed by atoms with E-state index in [1.165, 1.54) is 7.11 Å². The number of hydrogen-bond acceptors (Lipinski definition) is 4. The lowest BCUT2D eigenvalue weighted by Gasteiger charge is -2.41. The summed E-state index contributed by atoms with van der Waals surface area (Å²) in [5.41, 5.74) is 1.48. The van der Waals surface area contributed by atoms with Crippen LogP contribution < -0.4 is 9.47 Å². The number of nitrogens with zero attached hydrogens (tertiary/aromatic N) is 1. The largest absolute Gasteiger partial charge is 0.494 e. The number of ether oxygens (including phenoxy) is 2. The van der Waals surface area contributed by atoms with Gasteiger partial charge in [-0.05, 0) is 43.7 Å². The second kappa shape index (κ2) is 8.10. The van der Waals surface area contributed by atoms with Crippen molar-refractivity contribution in [3.63, 3.8) is 0 Å². The fourth-order valence-electron chi connectivity index (χ4n) is 4.54. The number of methoxy groups -OCH3 is 1. The number of halogens is 1. The Morgan fingerprint density at radius 1 is 1.18 bits per heavy atom. The second-order valence-corrected chi connectivity index (χ2v) is 8.10. The van der Waals surface area contributed by atoms with Gasteiger partial charge in [0.25, 0.3) is 0 Å². The molecule has 1 aliphatic carbocycles. The van der Waals surface area contributed by atoms with Crippen LogP contribution in [0.1, 0.15) is 36.8 Å². The summed E-state index contributed by atoms with van der Waals surface area (Å²) in [7, 11) is 1.49. The fraction of sp³-hybridized carbons (Fsp3) is 0.478. The van der Waals surface area contributed by atoms with Gasteiger partial charge in [0.1, 0.15) is 11.4 Å². The van der Waals surface area contributed by atoms with E-state index >= 15 is 0 Å². The Morgan fingerprint density at radius 2 is 1.96 bits per heavy atom. The Bertz CT molecular complexity index is 817. The number of rotatable bonds is 4. The highest BCUT2D eigenvalue weighted by Gasteiger charge is 2.41. The normalized spacial score (nSPS) is 25.0. The van der Waals surface area contributed by atoms with Crippen molar-refractivity contribution in [3.8, 4) is 11.5 Å². The lowest BCUT2D eigenvalue weighted by molar-refractivity contribution is -0.0156. The van der Waals surface area contributed by atoms with E-state index in [0.717, 1.165) is 50.1 Å². The zero-order valence-electron chi connectivity index (χ0n) is 16.4. The Balaban J connectivity index is 1.62. The molecule has 150 valence electrons. The van der Waals surface area contributed by atoms with Crippen molar-refractivity contribution in [2.45, 2.75) is 44.4 Å². The Hall–Kier alpha value is -2.11. The summed E-state index contributed by atoms with van der Waals surface area (Å²) in [6, 6.07) is 13.5. The summed E-state index contributed by atoms with van der Waals surface area (Å²) in [6.07, 6.45) is 3.73. The van der Waals surface area contributed by atoms with E-state index in [9.17, 15) is 9.50 Å². The number of hydrogen-bond donors (Lipinski definition) is 1. The number of aliphatic hydroxyl groups excluding tert-OH is 1. The third-order valence-electron chi connectivity index (χ3n) is 6.14. The number of para-hydroxylation sites is 1. The molecule has 2 aromatic rings. The van der Waals surface area contributed by atoms with Crippen molar-refractivity contribution < 1.29 is 19.0 Å². The van der Waals surface area contributed by atoms with Crippen molar-refractivity contribution in [2.24, 2.45) is 5.92 Å². The molecule has 0 radical (unpaired) electrons. The predicted octanol–water partition coefficient (Wildman–Crippen LogP) is 4.15. The molecule has 1 fully saturated rings. The molecule has 0 amide bonds. The SMILES string of the molecule is COc1cccc(CN2Cc3ccccc3OC3(CCC(CO)CC3)C2)c1F. The van der Waals surface area contributed by atoms with Gasteiger partial charge in [-0.15, -0.1) is 0 Å². The molecule has 4 rings (SSSR count). The van der Waals surface area contributed by atoms with Crippen LogP contribution in [0, 0.1) is 11.7 Å². The second-order valence-electron chi connectivity index (χ2n) is 8.10. The van der Waals surface area contributed by atoms with Crippen molar-refractivity contribution in [1.82, 2.24) is 4.90 Å². The van der Waals surface area contributed by atoms with Crippen LogP contribution in [0.4, 0.5) is 4.39 Å². The Morgan fingerprint density at radius 3 is 2.71 bits per heavy atom. The zero-order chi connectivity index (χ0) is 19.6. The summed E-state index contributed by atoms with van der Waals surface area (Å²) in [6.45, 7) is 2.21. The lowest BCUT2D eigenvalue weighted by atomic mass is 9.78. The van der Waals surface area contributed by atoms with Gasteiger partial charge in [0.15, 0.2) is 11.6 Å². The minimum atomic E-state index is -0.290. The van der Waals surface area contributed by atoms with Gasteiger partial charge < -0.3 is 14.6 Å². The average molecular weight is 385 g/mol. The van der Waals surface area contributed by atoms with Crippen molar-refractivity contribution in [2.75, 3.05) is 20.3 Å². The standard InChI is InChI=1S/C23H28FNO3/c1-27-21-8-4-6-19(22(21)24)14-25-13-18-5-2-3-7-20(18)28-23(16-25)11-9-17(15-26)10-12-23/h2-8,17,26H,9-16H2,1H3. The van der Waals surface area contributed by atoms with Crippen molar-refractivity contribution >= 4 is 0 Å². The minimum absolute atomic E-state index is 0.241. The van der Waals surface area contributed by atoms with Gasteiger partial charge >= 0.3 is 0 Å². The maximum atomic E-state index is 14.7. The monoisotopic (exact) mass is 385 g/mol. The molecule has 0 unspecified atom stereocenters. The van der Waals surface area contributed by atoms with Crippen LogP contribution in [-0.4, -0.2) is 35.9 Å².